The van der Waals surface area contributed by atoms with E-state index in [0.29, 0.717) is 27.9 Å². The number of ether oxygens (including phenoxy) is 2. The molecule has 0 fully saturated rings. The number of aryl methyl sites for hydroxylation is 3. The molecule has 0 aliphatic rings. The van der Waals surface area contributed by atoms with Gasteiger partial charge in [0.25, 0.3) is 5.91 Å². The van der Waals surface area contributed by atoms with Crippen LogP contribution in [0.5, 0.6) is 11.5 Å². The van der Waals surface area contributed by atoms with Crippen LogP contribution in [0.1, 0.15) is 33.3 Å². The molecule has 0 aliphatic heterocycles. The fourth-order valence-corrected chi connectivity index (χ4v) is 5.31. The van der Waals surface area contributed by atoms with Crippen molar-refractivity contribution >= 4 is 39.0 Å². The van der Waals surface area contributed by atoms with Crippen molar-refractivity contribution in [1.29, 1.82) is 0 Å². The number of nitrogens with zero attached hydrogens (tertiary/aromatic N) is 2. The Labute approximate surface area is 230 Å². The number of fused-ring (bicyclic) bond motifs is 1. The molecule has 0 saturated heterocycles. The third-order valence-electron chi connectivity index (χ3n) is 6.38. The first-order valence-electron chi connectivity index (χ1n) is 12.6. The minimum atomic E-state index is -0.362. The molecule has 7 nitrogen and oxygen atoms in total. The van der Waals surface area contributed by atoms with Gasteiger partial charge in [-0.25, -0.2) is 9.98 Å². The highest BCUT2D eigenvalue weighted by molar-refractivity contribution is 7.16. The fraction of sp³-hybridized carbons (Fsp3) is 0.194. The number of rotatable bonds is 7. The molecule has 198 valence electrons. The fourth-order valence-electron chi connectivity index (χ4n) is 4.40. The maximum Gasteiger partial charge on any atom is 0.262 e. The van der Waals surface area contributed by atoms with Gasteiger partial charge in [0, 0.05) is 15.8 Å². The van der Waals surface area contributed by atoms with E-state index in [2.05, 4.69) is 49.3 Å². The maximum atomic E-state index is 13.7. The van der Waals surface area contributed by atoms with E-state index in [4.69, 9.17) is 18.9 Å². The Hall–Kier alpha value is -4.43. The second-order valence-electron chi connectivity index (χ2n) is 9.07. The average Bonchev–Trinajstić information content (AvgIpc) is 3.35. The second kappa shape index (κ2) is 11.1. The summed E-state index contributed by atoms with van der Waals surface area (Å²) in [5.41, 5.74) is 5.87. The van der Waals surface area contributed by atoms with Crippen LogP contribution in [0.4, 0.5) is 10.8 Å². The number of methoxy groups -OCH3 is 2. The van der Waals surface area contributed by atoms with Crippen LogP contribution in [0, 0.1) is 13.8 Å². The Bertz CT molecular complexity index is 1740. The minimum absolute atomic E-state index is 0.163. The Kier molecular flexibility index (Phi) is 7.47. The van der Waals surface area contributed by atoms with E-state index >= 15 is 0 Å². The van der Waals surface area contributed by atoms with Crippen LogP contribution >= 0.6 is 11.3 Å². The smallest absolute Gasteiger partial charge is 0.262 e. The van der Waals surface area contributed by atoms with Crippen LogP contribution in [-0.2, 0) is 6.42 Å². The van der Waals surface area contributed by atoms with Crippen molar-refractivity contribution in [3.05, 3.63) is 93.9 Å². The Balaban J connectivity index is 1.58. The highest BCUT2D eigenvalue weighted by atomic mass is 32.1. The van der Waals surface area contributed by atoms with E-state index < -0.39 is 0 Å². The molecule has 0 radical (unpaired) electrons. The zero-order valence-corrected chi connectivity index (χ0v) is 23.3. The molecule has 0 aliphatic carbocycles. The molecule has 0 unspecified atom stereocenters. The number of benzene rings is 3. The summed E-state index contributed by atoms with van der Waals surface area (Å²) in [6.45, 7) is 6.24. The average molecular weight is 540 g/mol. The third kappa shape index (κ3) is 5.42. The standard InChI is InChI=1S/C31H29N3O4S/c1-6-26-27(23-15-10-18(2)16-19(23)3)33-31(39-26)34-29(35)24-17-20-8-7-9-25(37-5)28(20)38-30(24)32-21-11-13-22(36-4)14-12-21/h7-17H,6H2,1-5H3,(H,33,34,35). The van der Waals surface area contributed by atoms with Crippen molar-refractivity contribution in [2.75, 3.05) is 19.5 Å². The summed E-state index contributed by atoms with van der Waals surface area (Å²) in [6.07, 6.45) is 0.805. The van der Waals surface area contributed by atoms with Crippen LogP contribution in [0.25, 0.3) is 22.2 Å². The number of anilines is 1. The second-order valence-corrected chi connectivity index (χ2v) is 10.2. The van der Waals surface area contributed by atoms with Crippen molar-refractivity contribution in [3.63, 3.8) is 0 Å². The van der Waals surface area contributed by atoms with Gasteiger partial charge in [-0.15, -0.1) is 11.3 Å². The number of aromatic nitrogens is 1. The van der Waals surface area contributed by atoms with Gasteiger partial charge in [-0.2, -0.15) is 0 Å². The highest BCUT2D eigenvalue weighted by Crippen LogP contribution is 2.34. The number of amides is 1. The van der Waals surface area contributed by atoms with E-state index in [1.54, 1.807) is 50.6 Å². The first-order valence-corrected chi connectivity index (χ1v) is 13.4. The monoisotopic (exact) mass is 539 g/mol. The number of para-hydroxylation sites is 1. The molecule has 1 N–H and O–H groups in total. The molecule has 0 bridgehead atoms. The Morgan fingerprint density at radius 3 is 2.51 bits per heavy atom. The zero-order valence-electron chi connectivity index (χ0n) is 22.5. The van der Waals surface area contributed by atoms with E-state index in [-0.39, 0.29) is 17.0 Å². The molecule has 39 heavy (non-hydrogen) atoms. The first kappa shape index (κ1) is 26.2. The lowest BCUT2D eigenvalue weighted by molar-refractivity contribution is 0.102. The molecule has 5 rings (SSSR count). The van der Waals surface area contributed by atoms with Gasteiger partial charge < -0.3 is 13.9 Å². The molecule has 0 spiro atoms. The summed E-state index contributed by atoms with van der Waals surface area (Å²) in [7, 11) is 3.18. The molecule has 0 atom stereocenters. The number of thiazole rings is 1. The van der Waals surface area contributed by atoms with Gasteiger partial charge in [0.1, 0.15) is 11.3 Å². The van der Waals surface area contributed by atoms with Gasteiger partial charge in [0.15, 0.2) is 16.5 Å². The molecule has 1 amide bonds. The summed E-state index contributed by atoms with van der Waals surface area (Å²) in [5.74, 6) is 0.898. The topological polar surface area (TPSA) is 86.0 Å². The predicted molar refractivity (Wildman–Crippen MR) is 155 cm³/mol. The highest BCUT2D eigenvalue weighted by Gasteiger charge is 2.19. The number of carbonyl (C=O) groups excluding carboxylic acids is 1. The molecule has 5 aromatic rings. The van der Waals surface area contributed by atoms with Crippen molar-refractivity contribution in [2.24, 2.45) is 4.99 Å². The van der Waals surface area contributed by atoms with Crippen molar-refractivity contribution in [1.82, 2.24) is 4.98 Å². The summed E-state index contributed by atoms with van der Waals surface area (Å²) in [5, 5.41) is 4.23. The zero-order chi connectivity index (χ0) is 27.5. The molecule has 2 heterocycles. The summed E-state index contributed by atoms with van der Waals surface area (Å²) in [4.78, 5) is 24.2. The van der Waals surface area contributed by atoms with E-state index in [1.165, 1.54) is 16.9 Å². The van der Waals surface area contributed by atoms with Crippen LogP contribution < -0.4 is 20.3 Å². The lowest BCUT2D eigenvalue weighted by Gasteiger charge is -2.08. The lowest BCUT2D eigenvalue weighted by Crippen LogP contribution is -2.21. The number of carbonyl (C=O) groups is 1. The SMILES string of the molecule is CCc1sc(NC(=O)c2cc3cccc(OC)c3oc2=Nc2ccc(OC)cc2)nc1-c1ccc(C)cc1C. The number of nitrogens with one attached hydrogen (secondary N) is 1. The normalized spacial score (nSPS) is 11.6. The van der Waals surface area contributed by atoms with Crippen LogP contribution in [0.15, 0.2) is 76.1 Å². The lowest BCUT2D eigenvalue weighted by atomic mass is 10.0. The van der Waals surface area contributed by atoms with Crippen molar-refractivity contribution in [2.45, 2.75) is 27.2 Å². The van der Waals surface area contributed by atoms with Crippen molar-refractivity contribution < 1.29 is 18.7 Å². The summed E-state index contributed by atoms with van der Waals surface area (Å²) < 4.78 is 16.9. The van der Waals surface area contributed by atoms with Gasteiger partial charge in [-0.3, -0.25) is 10.1 Å². The van der Waals surface area contributed by atoms with Crippen LogP contribution in [0.3, 0.4) is 0 Å². The van der Waals surface area contributed by atoms with Gasteiger partial charge in [0.2, 0.25) is 5.55 Å². The largest absolute Gasteiger partial charge is 0.497 e. The van der Waals surface area contributed by atoms with Crippen molar-refractivity contribution in [3.8, 4) is 22.8 Å². The number of hydrogen-bond donors (Lipinski definition) is 1. The van der Waals surface area contributed by atoms with Gasteiger partial charge in [-0.1, -0.05) is 42.8 Å². The molecular formula is C31H29N3O4S. The molecule has 0 saturated carbocycles. The van der Waals surface area contributed by atoms with Gasteiger partial charge in [0.05, 0.1) is 25.6 Å². The van der Waals surface area contributed by atoms with Gasteiger partial charge in [-0.05, 0) is 62.2 Å². The molecule has 8 heteroatoms. The molecular weight excluding hydrogens is 510 g/mol. The van der Waals surface area contributed by atoms with E-state index in [9.17, 15) is 4.79 Å². The third-order valence-corrected chi connectivity index (χ3v) is 7.50. The van der Waals surface area contributed by atoms with Gasteiger partial charge >= 0.3 is 0 Å². The minimum Gasteiger partial charge on any atom is -0.497 e. The Morgan fingerprint density at radius 1 is 1.03 bits per heavy atom. The van der Waals surface area contributed by atoms with E-state index in [1.807, 2.05) is 12.1 Å². The molecule has 2 aromatic heterocycles. The summed E-state index contributed by atoms with van der Waals surface area (Å²) >= 11 is 1.48. The van der Waals surface area contributed by atoms with Crippen LogP contribution in [0.2, 0.25) is 0 Å². The maximum absolute atomic E-state index is 13.7. The first-order chi connectivity index (χ1) is 18.9. The number of hydrogen-bond acceptors (Lipinski definition) is 7. The molecule has 3 aromatic carbocycles. The Morgan fingerprint density at radius 2 is 1.82 bits per heavy atom. The van der Waals surface area contributed by atoms with Crippen LogP contribution in [-0.4, -0.2) is 25.1 Å². The quantitative estimate of drug-likeness (QED) is 0.236. The predicted octanol–water partition coefficient (Wildman–Crippen LogP) is 7.24. The van der Waals surface area contributed by atoms with E-state index in [0.717, 1.165) is 33.5 Å². The summed E-state index contributed by atoms with van der Waals surface area (Å²) in [6, 6.07) is 20.8.